The van der Waals surface area contributed by atoms with Crippen molar-refractivity contribution in [1.29, 1.82) is 0 Å². The molecule has 0 spiro atoms. The quantitative estimate of drug-likeness (QED) is 0.738. The Morgan fingerprint density at radius 1 is 1.39 bits per heavy atom. The van der Waals surface area contributed by atoms with Crippen LogP contribution in [0.5, 0.6) is 0 Å². The van der Waals surface area contributed by atoms with Crippen molar-refractivity contribution >= 4 is 52.2 Å². The Balaban J connectivity index is 0.00000120. The van der Waals surface area contributed by atoms with E-state index >= 15 is 0 Å². The summed E-state index contributed by atoms with van der Waals surface area (Å²) in [6, 6.07) is 3.15. The lowest BCUT2D eigenvalue weighted by atomic mass is 10.1. The monoisotopic (exact) mass is 398 g/mol. The van der Waals surface area contributed by atoms with E-state index in [0.717, 1.165) is 25.1 Å². The molecule has 0 saturated carbocycles. The Morgan fingerprint density at radius 2 is 2.17 bits per heavy atom. The van der Waals surface area contributed by atoms with Crippen molar-refractivity contribution in [2.75, 3.05) is 13.1 Å². The van der Waals surface area contributed by atoms with Gasteiger partial charge in [0.25, 0.3) is 5.91 Å². The largest absolute Gasteiger partial charge is 0.337 e. The van der Waals surface area contributed by atoms with E-state index in [1.54, 1.807) is 11.3 Å². The Morgan fingerprint density at radius 3 is 2.89 bits per heavy atom. The van der Waals surface area contributed by atoms with Crippen LogP contribution in [0.15, 0.2) is 11.4 Å². The van der Waals surface area contributed by atoms with Gasteiger partial charge in [0.05, 0.1) is 8.45 Å². The van der Waals surface area contributed by atoms with Gasteiger partial charge in [0, 0.05) is 30.6 Å². The van der Waals surface area contributed by atoms with Crippen LogP contribution in [0, 0.1) is 2.88 Å². The summed E-state index contributed by atoms with van der Waals surface area (Å²) in [7, 11) is 0. The van der Waals surface area contributed by atoms with Crippen molar-refractivity contribution in [1.82, 2.24) is 10.2 Å². The molecule has 2 unspecified atom stereocenters. The molecule has 1 aromatic heterocycles. The van der Waals surface area contributed by atoms with Crippen molar-refractivity contribution in [2.45, 2.75) is 31.3 Å². The van der Waals surface area contributed by atoms with Crippen LogP contribution >= 0.6 is 46.3 Å². The summed E-state index contributed by atoms with van der Waals surface area (Å²) in [6.07, 6.45) is 3.60. The molecule has 3 heterocycles. The van der Waals surface area contributed by atoms with E-state index in [2.05, 4.69) is 27.9 Å². The van der Waals surface area contributed by atoms with Gasteiger partial charge in [-0.2, -0.15) is 0 Å². The summed E-state index contributed by atoms with van der Waals surface area (Å²) in [5, 5.41) is 5.57. The van der Waals surface area contributed by atoms with E-state index in [0.29, 0.717) is 12.1 Å². The molecule has 3 nitrogen and oxygen atoms in total. The van der Waals surface area contributed by atoms with Crippen LogP contribution in [0.3, 0.4) is 0 Å². The van der Waals surface area contributed by atoms with Crippen molar-refractivity contribution in [3.05, 3.63) is 19.9 Å². The zero-order chi connectivity index (χ0) is 11.8. The summed E-state index contributed by atoms with van der Waals surface area (Å²) in [5.41, 5.74) is 0.858. The van der Waals surface area contributed by atoms with Crippen LogP contribution in [0.2, 0.25) is 0 Å². The number of hydrogen-bond donors (Lipinski definition) is 1. The minimum Gasteiger partial charge on any atom is -0.337 e. The van der Waals surface area contributed by atoms with E-state index in [1.807, 2.05) is 16.3 Å². The smallest absolute Gasteiger partial charge is 0.254 e. The molecule has 6 heteroatoms. The van der Waals surface area contributed by atoms with Crippen LogP contribution in [-0.2, 0) is 0 Å². The number of hydrogen-bond acceptors (Lipinski definition) is 3. The van der Waals surface area contributed by atoms with Gasteiger partial charge in [-0.05, 0) is 47.9 Å². The molecule has 2 saturated heterocycles. The minimum absolute atomic E-state index is 0. The van der Waals surface area contributed by atoms with E-state index in [1.165, 1.54) is 15.7 Å². The normalized spacial score (nSPS) is 26.6. The maximum Gasteiger partial charge on any atom is 0.254 e. The average Bonchev–Trinajstić information content (AvgIpc) is 2.84. The fraction of sp³-hybridized carbons (Fsp3) is 0.583. The average molecular weight is 399 g/mol. The van der Waals surface area contributed by atoms with Crippen LogP contribution < -0.4 is 5.32 Å². The van der Waals surface area contributed by atoms with Gasteiger partial charge in [-0.15, -0.1) is 23.7 Å². The summed E-state index contributed by atoms with van der Waals surface area (Å²) < 4.78 is 1.18. The zero-order valence-corrected chi connectivity index (χ0v) is 13.7. The molecule has 2 fully saturated rings. The Hall–Kier alpha value is 0.150. The predicted octanol–water partition coefficient (Wildman–Crippen LogP) is 2.74. The summed E-state index contributed by atoms with van der Waals surface area (Å²) in [5.74, 6) is 0.207. The highest BCUT2D eigenvalue weighted by atomic mass is 127. The van der Waals surface area contributed by atoms with Crippen molar-refractivity contribution < 1.29 is 4.79 Å². The molecule has 1 aromatic rings. The molecule has 0 aromatic carbocycles. The first-order chi connectivity index (χ1) is 8.22. The third-order valence-corrected chi connectivity index (χ3v) is 5.41. The third-order valence-electron chi connectivity index (χ3n) is 3.62. The van der Waals surface area contributed by atoms with E-state index in [-0.39, 0.29) is 18.3 Å². The lowest BCUT2D eigenvalue weighted by molar-refractivity contribution is 0.0748. The number of rotatable bonds is 1. The van der Waals surface area contributed by atoms with Gasteiger partial charge in [-0.3, -0.25) is 4.79 Å². The van der Waals surface area contributed by atoms with Crippen molar-refractivity contribution in [3.63, 3.8) is 0 Å². The second-order valence-electron chi connectivity index (χ2n) is 4.82. The molecule has 2 aliphatic heterocycles. The maximum atomic E-state index is 12.3. The number of fused-ring (bicyclic) bond motifs is 2. The fourth-order valence-electron chi connectivity index (χ4n) is 2.73. The molecular weight excluding hydrogens is 383 g/mol. The standard InChI is InChI=1S/C12H15IN2OS.ClH/c13-11-5-8(7-17-11)12(16)15-4-3-9-1-2-10(6-15)14-9;/h5,7,9-10,14H,1-4,6H2;1H. The second kappa shape index (κ2) is 6.07. The minimum atomic E-state index is 0. The first-order valence-electron chi connectivity index (χ1n) is 6.02. The topological polar surface area (TPSA) is 32.3 Å². The molecular formula is C12H16ClIN2OS. The SMILES string of the molecule is Cl.O=C(c1csc(I)c1)N1CCC2CCC(C1)N2. The highest BCUT2D eigenvalue weighted by Crippen LogP contribution is 2.23. The molecule has 0 aliphatic carbocycles. The van der Waals surface area contributed by atoms with Crippen LogP contribution in [0.1, 0.15) is 29.6 Å². The molecule has 100 valence electrons. The van der Waals surface area contributed by atoms with E-state index in [9.17, 15) is 4.79 Å². The summed E-state index contributed by atoms with van der Waals surface area (Å²) in [4.78, 5) is 14.4. The molecule has 18 heavy (non-hydrogen) atoms. The first-order valence-corrected chi connectivity index (χ1v) is 7.97. The summed E-state index contributed by atoms with van der Waals surface area (Å²) >= 11 is 3.91. The van der Waals surface area contributed by atoms with Gasteiger partial charge in [0.1, 0.15) is 0 Å². The number of halogens is 2. The summed E-state index contributed by atoms with van der Waals surface area (Å²) in [6.45, 7) is 1.78. The van der Waals surface area contributed by atoms with Crippen molar-refractivity contribution in [2.24, 2.45) is 0 Å². The molecule has 2 atom stereocenters. The fourth-order valence-corrected chi connectivity index (χ4v) is 4.05. The molecule has 2 aliphatic rings. The Kier molecular flexibility index (Phi) is 4.91. The van der Waals surface area contributed by atoms with E-state index in [4.69, 9.17) is 0 Å². The van der Waals surface area contributed by atoms with Gasteiger partial charge >= 0.3 is 0 Å². The van der Waals surface area contributed by atoms with Gasteiger partial charge < -0.3 is 10.2 Å². The number of likely N-dealkylation sites (tertiary alicyclic amines) is 1. The number of thiophene rings is 1. The molecule has 1 N–H and O–H groups in total. The van der Waals surface area contributed by atoms with Gasteiger partial charge in [0.2, 0.25) is 0 Å². The zero-order valence-electron chi connectivity index (χ0n) is 9.89. The molecule has 0 radical (unpaired) electrons. The van der Waals surface area contributed by atoms with Crippen LogP contribution in [0.4, 0.5) is 0 Å². The molecule has 1 amide bonds. The van der Waals surface area contributed by atoms with E-state index < -0.39 is 0 Å². The number of carbonyl (C=O) groups is 1. The molecule has 3 rings (SSSR count). The lowest BCUT2D eigenvalue weighted by Crippen LogP contribution is -2.38. The maximum absolute atomic E-state index is 12.3. The predicted molar refractivity (Wildman–Crippen MR) is 84.8 cm³/mol. The number of nitrogens with zero attached hydrogens (tertiary/aromatic N) is 1. The Bertz CT molecular complexity index is 439. The van der Waals surface area contributed by atoms with Gasteiger partial charge in [-0.25, -0.2) is 0 Å². The molecule has 2 bridgehead atoms. The van der Waals surface area contributed by atoms with Crippen LogP contribution in [-0.4, -0.2) is 36.0 Å². The number of carbonyl (C=O) groups excluding carboxylic acids is 1. The van der Waals surface area contributed by atoms with Crippen LogP contribution in [0.25, 0.3) is 0 Å². The number of amides is 1. The second-order valence-corrected chi connectivity index (χ2v) is 7.62. The lowest BCUT2D eigenvalue weighted by Gasteiger charge is -2.23. The highest BCUT2D eigenvalue weighted by Gasteiger charge is 2.31. The van der Waals surface area contributed by atoms with Gasteiger partial charge in [0.15, 0.2) is 0 Å². The third kappa shape index (κ3) is 3.00. The Labute approximate surface area is 131 Å². The van der Waals surface area contributed by atoms with Gasteiger partial charge in [-0.1, -0.05) is 0 Å². The van der Waals surface area contributed by atoms with Crippen molar-refractivity contribution in [3.8, 4) is 0 Å². The first kappa shape index (κ1) is 14.6. The number of nitrogens with one attached hydrogen (secondary N) is 1. The highest BCUT2D eigenvalue weighted by molar-refractivity contribution is 14.1.